The molecule has 6 nitrogen and oxygen atoms in total. The number of imidazole rings is 1. The maximum atomic E-state index is 12.9. The largest absolute Gasteiger partial charge is 0.326 e. The van der Waals surface area contributed by atoms with Gasteiger partial charge in [0.2, 0.25) is 10.0 Å². The maximum Gasteiger partial charge on any atom is 0.326 e. The third-order valence-electron chi connectivity index (χ3n) is 3.66. The van der Waals surface area contributed by atoms with E-state index in [1.54, 1.807) is 4.57 Å². The quantitative estimate of drug-likeness (QED) is 0.666. The average molecular weight is 349 g/mol. The summed E-state index contributed by atoms with van der Waals surface area (Å²) in [5.74, 6) is -0.493. The van der Waals surface area contributed by atoms with Crippen molar-refractivity contribution in [2.75, 3.05) is 6.54 Å². The van der Waals surface area contributed by atoms with Gasteiger partial charge in [-0.15, -0.1) is 0 Å². The highest BCUT2D eigenvalue weighted by Gasteiger charge is 2.13. The molecular formula is C16H16FN3O3S. The normalized spacial score (nSPS) is 11.9. The molecule has 0 fully saturated rings. The molecule has 0 atom stereocenters. The molecule has 0 amide bonds. The number of fused-ring (bicyclic) bond motifs is 1. The number of hydrogen-bond donors (Lipinski definition) is 2. The first-order valence-electron chi connectivity index (χ1n) is 7.40. The van der Waals surface area contributed by atoms with Crippen molar-refractivity contribution in [1.29, 1.82) is 0 Å². The van der Waals surface area contributed by atoms with Crippen LogP contribution in [0.5, 0.6) is 0 Å². The number of aromatic nitrogens is 2. The molecule has 8 heteroatoms. The van der Waals surface area contributed by atoms with E-state index in [9.17, 15) is 17.6 Å². The van der Waals surface area contributed by atoms with Gasteiger partial charge in [0.05, 0.1) is 15.9 Å². The number of benzene rings is 2. The summed E-state index contributed by atoms with van der Waals surface area (Å²) < 4.78 is 41.0. The molecule has 24 heavy (non-hydrogen) atoms. The molecule has 2 N–H and O–H groups in total. The van der Waals surface area contributed by atoms with Crippen LogP contribution < -0.4 is 10.4 Å². The fraction of sp³-hybridized carbons (Fsp3) is 0.188. The van der Waals surface area contributed by atoms with Crippen LogP contribution in [0.3, 0.4) is 0 Å². The van der Waals surface area contributed by atoms with E-state index in [0.717, 1.165) is 23.2 Å². The highest BCUT2D eigenvalue weighted by Crippen LogP contribution is 2.11. The van der Waals surface area contributed by atoms with Crippen LogP contribution in [0.2, 0.25) is 0 Å². The summed E-state index contributed by atoms with van der Waals surface area (Å²) in [6.45, 7) is 0.556. The minimum Gasteiger partial charge on any atom is -0.306 e. The summed E-state index contributed by atoms with van der Waals surface area (Å²) in [7, 11) is -3.68. The Hall–Kier alpha value is -2.45. The number of halogens is 1. The van der Waals surface area contributed by atoms with Crippen molar-refractivity contribution in [3.63, 3.8) is 0 Å². The van der Waals surface area contributed by atoms with E-state index >= 15 is 0 Å². The number of aryl methyl sites for hydroxylation is 1. The Bertz CT molecular complexity index is 1010. The Balaban J connectivity index is 1.63. The van der Waals surface area contributed by atoms with Crippen molar-refractivity contribution in [1.82, 2.24) is 14.3 Å². The van der Waals surface area contributed by atoms with Crippen LogP contribution in [-0.2, 0) is 16.6 Å². The topological polar surface area (TPSA) is 84.0 Å². The second-order valence-electron chi connectivity index (χ2n) is 5.30. The lowest BCUT2D eigenvalue weighted by Crippen LogP contribution is -2.26. The van der Waals surface area contributed by atoms with Gasteiger partial charge in [0.25, 0.3) is 0 Å². The second kappa shape index (κ2) is 6.58. The number of aromatic amines is 1. The van der Waals surface area contributed by atoms with Gasteiger partial charge in [0, 0.05) is 13.1 Å². The molecule has 0 saturated carbocycles. The van der Waals surface area contributed by atoms with Crippen LogP contribution in [0.4, 0.5) is 4.39 Å². The molecule has 0 aliphatic carbocycles. The van der Waals surface area contributed by atoms with E-state index in [1.165, 1.54) is 12.1 Å². The average Bonchev–Trinajstić information content (AvgIpc) is 2.87. The first kappa shape index (κ1) is 16.4. The fourth-order valence-corrected chi connectivity index (χ4v) is 3.54. The molecule has 0 saturated heterocycles. The van der Waals surface area contributed by atoms with E-state index < -0.39 is 15.8 Å². The van der Waals surface area contributed by atoms with E-state index in [4.69, 9.17) is 0 Å². The monoisotopic (exact) mass is 349 g/mol. The van der Waals surface area contributed by atoms with E-state index in [2.05, 4.69) is 9.71 Å². The lowest BCUT2D eigenvalue weighted by molar-refractivity contribution is 0.569. The van der Waals surface area contributed by atoms with Crippen molar-refractivity contribution >= 4 is 21.1 Å². The van der Waals surface area contributed by atoms with Crippen LogP contribution in [0.15, 0.2) is 58.2 Å². The predicted molar refractivity (Wildman–Crippen MR) is 88.8 cm³/mol. The highest BCUT2D eigenvalue weighted by molar-refractivity contribution is 7.89. The predicted octanol–water partition coefficient (Wildman–Crippen LogP) is 1.84. The van der Waals surface area contributed by atoms with Gasteiger partial charge < -0.3 is 4.98 Å². The third kappa shape index (κ3) is 3.39. The summed E-state index contributed by atoms with van der Waals surface area (Å²) in [5.41, 5.74) is 1.30. The van der Waals surface area contributed by atoms with Crippen molar-refractivity contribution in [2.45, 2.75) is 17.9 Å². The van der Waals surface area contributed by atoms with Crippen LogP contribution in [0.25, 0.3) is 11.0 Å². The van der Waals surface area contributed by atoms with Crippen LogP contribution in [0.1, 0.15) is 6.42 Å². The number of H-pyrrole nitrogens is 1. The Morgan fingerprint density at radius 3 is 2.54 bits per heavy atom. The van der Waals surface area contributed by atoms with Crippen LogP contribution in [0, 0.1) is 5.82 Å². The Morgan fingerprint density at radius 2 is 1.79 bits per heavy atom. The molecule has 0 spiro atoms. The lowest BCUT2D eigenvalue weighted by atomic mass is 10.3. The third-order valence-corrected chi connectivity index (χ3v) is 5.13. The SMILES string of the molecule is O=c1[nH]c2ccccc2n1CCCNS(=O)(=O)c1ccc(F)cc1. The lowest BCUT2D eigenvalue weighted by Gasteiger charge is -2.07. The van der Waals surface area contributed by atoms with Gasteiger partial charge >= 0.3 is 5.69 Å². The van der Waals surface area contributed by atoms with Gasteiger partial charge in [0.1, 0.15) is 5.82 Å². The van der Waals surface area contributed by atoms with Crippen molar-refractivity contribution in [3.8, 4) is 0 Å². The molecule has 1 aromatic heterocycles. The van der Waals surface area contributed by atoms with Crippen molar-refractivity contribution in [3.05, 3.63) is 64.8 Å². The summed E-state index contributed by atoms with van der Waals surface area (Å²) in [4.78, 5) is 14.7. The number of para-hydroxylation sites is 2. The molecule has 0 aliphatic heterocycles. The molecule has 3 aromatic rings. The molecule has 2 aromatic carbocycles. The van der Waals surface area contributed by atoms with Gasteiger partial charge in [-0.1, -0.05) is 12.1 Å². The second-order valence-corrected chi connectivity index (χ2v) is 7.07. The molecule has 0 aliphatic rings. The molecular weight excluding hydrogens is 333 g/mol. The number of rotatable bonds is 6. The standard InChI is InChI=1S/C16H16FN3O3S/c17-12-6-8-13(9-7-12)24(22,23)18-10-3-11-20-15-5-2-1-4-14(15)19-16(20)21/h1-2,4-9,18H,3,10-11H2,(H,19,21). The zero-order chi connectivity index (χ0) is 17.2. The minimum atomic E-state index is -3.68. The summed E-state index contributed by atoms with van der Waals surface area (Å²) in [5, 5.41) is 0. The minimum absolute atomic E-state index is 0.00756. The van der Waals surface area contributed by atoms with Gasteiger partial charge in [-0.25, -0.2) is 22.3 Å². The maximum absolute atomic E-state index is 12.9. The Morgan fingerprint density at radius 1 is 1.08 bits per heavy atom. The number of hydrogen-bond acceptors (Lipinski definition) is 3. The molecule has 0 unspecified atom stereocenters. The smallest absolute Gasteiger partial charge is 0.306 e. The Kier molecular flexibility index (Phi) is 4.50. The van der Waals surface area contributed by atoms with E-state index in [0.29, 0.717) is 13.0 Å². The molecule has 0 radical (unpaired) electrons. The van der Waals surface area contributed by atoms with Gasteiger partial charge in [-0.05, 0) is 42.8 Å². The molecule has 1 heterocycles. The summed E-state index contributed by atoms with van der Waals surface area (Å²) in [6.07, 6.45) is 0.447. The fourth-order valence-electron chi connectivity index (χ4n) is 2.47. The zero-order valence-corrected chi connectivity index (χ0v) is 13.5. The molecule has 3 rings (SSSR count). The van der Waals surface area contributed by atoms with Crippen LogP contribution in [-0.4, -0.2) is 24.5 Å². The number of nitrogens with one attached hydrogen (secondary N) is 2. The highest BCUT2D eigenvalue weighted by atomic mass is 32.2. The van der Waals surface area contributed by atoms with Crippen molar-refractivity contribution in [2.24, 2.45) is 0 Å². The summed E-state index contributed by atoms with van der Waals surface area (Å²) >= 11 is 0. The van der Waals surface area contributed by atoms with E-state index in [-0.39, 0.29) is 17.1 Å². The van der Waals surface area contributed by atoms with Gasteiger partial charge in [0.15, 0.2) is 0 Å². The Labute approximate surface area is 138 Å². The van der Waals surface area contributed by atoms with Gasteiger partial charge in [-0.3, -0.25) is 4.57 Å². The van der Waals surface area contributed by atoms with E-state index in [1.807, 2.05) is 24.3 Å². The number of sulfonamides is 1. The number of nitrogens with zero attached hydrogens (tertiary/aromatic N) is 1. The van der Waals surface area contributed by atoms with Gasteiger partial charge in [-0.2, -0.15) is 0 Å². The molecule has 126 valence electrons. The van der Waals surface area contributed by atoms with Crippen LogP contribution >= 0.6 is 0 Å². The molecule has 0 bridgehead atoms. The first-order valence-corrected chi connectivity index (χ1v) is 8.88. The first-order chi connectivity index (χ1) is 11.5. The zero-order valence-electron chi connectivity index (χ0n) is 12.7. The van der Waals surface area contributed by atoms with Crippen molar-refractivity contribution < 1.29 is 12.8 Å². The summed E-state index contributed by atoms with van der Waals surface area (Å²) in [6, 6.07) is 11.9.